The molecule has 5 heteroatoms. The van der Waals surface area contributed by atoms with Crippen molar-refractivity contribution in [3.63, 3.8) is 0 Å². The van der Waals surface area contributed by atoms with Crippen molar-refractivity contribution < 1.29 is 8.76 Å². The summed E-state index contributed by atoms with van der Waals surface area (Å²) in [4.78, 5) is 0. The maximum absolute atomic E-state index is 10.1. The van der Waals surface area contributed by atoms with E-state index in [0.717, 1.165) is 0 Å². The fraction of sp³-hybridized carbons (Fsp3) is 0.600. The number of hydrogen-bond acceptors (Lipinski definition) is 2. The van der Waals surface area contributed by atoms with E-state index in [1.807, 2.05) is 6.26 Å². The SMILES string of the molecule is C#CC(CNS(=O)O)SC. The summed E-state index contributed by atoms with van der Waals surface area (Å²) in [7, 11) is 0. The normalized spacial score (nSPS) is 15.7. The molecule has 0 aromatic rings. The zero-order valence-corrected chi connectivity index (χ0v) is 7.17. The third-order valence-corrected chi connectivity index (χ3v) is 2.15. The molecule has 0 bridgehead atoms. The molecule has 10 heavy (non-hydrogen) atoms. The van der Waals surface area contributed by atoms with Crippen molar-refractivity contribution in [1.82, 2.24) is 4.72 Å². The molecule has 0 aromatic heterocycles. The van der Waals surface area contributed by atoms with Gasteiger partial charge >= 0.3 is 0 Å². The monoisotopic (exact) mass is 179 g/mol. The Morgan fingerprint density at radius 2 is 2.60 bits per heavy atom. The van der Waals surface area contributed by atoms with E-state index in [9.17, 15) is 4.21 Å². The van der Waals surface area contributed by atoms with Crippen molar-refractivity contribution in [2.45, 2.75) is 5.25 Å². The van der Waals surface area contributed by atoms with Gasteiger partial charge in [-0.25, -0.2) is 8.93 Å². The van der Waals surface area contributed by atoms with E-state index in [0.29, 0.717) is 6.54 Å². The van der Waals surface area contributed by atoms with E-state index in [1.165, 1.54) is 11.8 Å². The minimum Gasteiger partial charge on any atom is -0.294 e. The zero-order valence-electron chi connectivity index (χ0n) is 5.53. The number of hydrogen-bond donors (Lipinski definition) is 2. The first-order chi connectivity index (χ1) is 4.70. The van der Waals surface area contributed by atoms with Gasteiger partial charge in [0.2, 0.25) is 11.3 Å². The van der Waals surface area contributed by atoms with Gasteiger partial charge in [-0.3, -0.25) is 4.55 Å². The smallest absolute Gasteiger partial charge is 0.231 e. The Labute approximate surface area is 67.4 Å². The molecule has 0 spiro atoms. The summed E-state index contributed by atoms with van der Waals surface area (Å²) in [5.74, 6) is 2.46. The molecule has 2 N–H and O–H groups in total. The molecule has 2 unspecified atom stereocenters. The molecule has 0 rings (SSSR count). The third kappa shape index (κ3) is 4.82. The van der Waals surface area contributed by atoms with Crippen molar-refractivity contribution >= 4 is 23.0 Å². The van der Waals surface area contributed by atoms with Crippen LogP contribution in [0.1, 0.15) is 0 Å². The molecule has 0 aliphatic carbocycles. The van der Waals surface area contributed by atoms with Crippen molar-refractivity contribution in [1.29, 1.82) is 0 Å². The molecule has 0 fully saturated rings. The van der Waals surface area contributed by atoms with Gasteiger partial charge in [-0.1, -0.05) is 5.92 Å². The van der Waals surface area contributed by atoms with E-state index >= 15 is 0 Å². The van der Waals surface area contributed by atoms with Crippen LogP contribution < -0.4 is 4.72 Å². The van der Waals surface area contributed by atoms with Crippen LogP contribution >= 0.6 is 11.8 Å². The summed E-state index contributed by atoms with van der Waals surface area (Å²) in [5.41, 5.74) is 0. The average molecular weight is 179 g/mol. The molecule has 0 amide bonds. The largest absolute Gasteiger partial charge is 0.294 e. The Balaban J connectivity index is 3.47. The Morgan fingerprint density at radius 3 is 2.90 bits per heavy atom. The summed E-state index contributed by atoms with van der Waals surface area (Å²) in [6.07, 6.45) is 6.93. The van der Waals surface area contributed by atoms with Gasteiger partial charge in [0.1, 0.15) is 0 Å². The van der Waals surface area contributed by atoms with Crippen LogP contribution in [0, 0.1) is 12.3 Å². The molecule has 3 nitrogen and oxygen atoms in total. The number of thioether (sulfide) groups is 1. The van der Waals surface area contributed by atoms with Crippen LogP contribution in [0.25, 0.3) is 0 Å². The molecule has 0 aromatic carbocycles. The highest BCUT2D eigenvalue weighted by atomic mass is 32.2. The fourth-order valence-corrected chi connectivity index (χ4v) is 1.16. The fourth-order valence-electron chi connectivity index (χ4n) is 0.357. The summed E-state index contributed by atoms with van der Waals surface area (Å²) in [5, 5.41) is -0.0314. The van der Waals surface area contributed by atoms with Crippen LogP contribution in [-0.4, -0.2) is 26.8 Å². The quantitative estimate of drug-likeness (QED) is 0.474. The highest BCUT2D eigenvalue weighted by Gasteiger charge is 2.01. The predicted molar refractivity (Wildman–Crippen MR) is 44.9 cm³/mol. The molecule has 0 saturated carbocycles. The van der Waals surface area contributed by atoms with Crippen LogP contribution in [0.15, 0.2) is 0 Å². The zero-order chi connectivity index (χ0) is 7.98. The minimum atomic E-state index is -1.95. The van der Waals surface area contributed by atoms with Crippen LogP contribution in [0.3, 0.4) is 0 Å². The average Bonchev–Trinajstić information content (AvgIpc) is 1.90. The first-order valence-electron chi connectivity index (χ1n) is 2.54. The van der Waals surface area contributed by atoms with Gasteiger partial charge in [-0.15, -0.1) is 18.2 Å². The van der Waals surface area contributed by atoms with Crippen LogP contribution in [0.2, 0.25) is 0 Å². The highest BCUT2D eigenvalue weighted by Crippen LogP contribution is 2.02. The van der Waals surface area contributed by atoms with Crippen LogP contribution in [0.4, 0.5) is 0 Å². The standard InChI is InChI=1S/C5H9NO2S2/c1-3-5(9-2)4-6-10(7)8/h1,5-6H,4H2,2H3,(H,7,8). The van der Waals surface area contributed by atoms with Crippen molar-refractivity contribution in [2.24, 2.45) is 0 Å². The summed E-state index contributed by atoms with van der Waals surface area (Å²) >= 11 is -0.481. The van der Waals surface area contributed by atoms with E-state index in [-0.39, 0.29) is 5.25 Å². The molecular formula is C5H9NO2S2. The van der Waals surface area contributed by atoms with E-state index in [1.54, 1.807) is 0 Å². The van der Waals surface area contributed by atoms with Crippen molar-refractivity contribution in [3.8, 4) is 12.3 Å². The second-order valence-electron chi connectivity index (χ2n) is 1.49. The lowest BCUT2D eigenvalue weighted by Crippen LogP contribution is -2.24. The van der Waals surface area contributed by atoms with Gasteiger partial charge in [-0.05, 0) is 6.26 Å². The van der Waals surface area contributed by atoms with Gasteiger partial charge in [0.05, 0.1) is 5.25 Å². The van der Waals surface area contributed by atoms with E-state index in [4.69, 9.17) is 11.0 Å². The minimum absolute atomic E-state index is 0.0314. The third-order valence-electron chi connectivity index (χ3n) is 0.863. The van der Waals surface area contributed by atoms with Gasteiger partial charge in [-0.2, -0.15) is 0 Å². The van der Waals surface area contributed by atoms with Crippen LogP contribution in [-0.2, 0) is 11.3 Å². The predicted octanol–water partition coefficient (Wildman–Crippen LogP) is 0.0775. The van der Waals surface area contributed by atoms with Crippen molar-refractivity contribution in [2.75, 3.05) is 12.8 Å². The Bertz CT molecular complexity index is 154. The molecule has 58 valence electrons. The summed E-state index contributed by atoms with van der Waals surface area (Å²) < 4.78 is 20.6. The lowest BCUT2D eigenvalue weighted by atomic mass is 10.4. The van der Waals surface area contributed by atoms with Gasteiger partial charge in [0, 0.05) is 6.54 Å². The molecule has 0 heterocycles. The van der Waals surface area contributed by atoms with Crippen molar-refractivity contribution in [3.05, 3.63) is 0 Å². The second kappa shape index (κ2) is 5.74. The number of rotatable bonds is 4. The highest BCUT2D eigenvalue weighted by molar-refractivity contribution is 7.99. The first kappa shape index (κ1) is 9.98. The Morgan fingerprint density at radius 1 is 2.00 bits per heavy atom. The molecule has 2 atom stereocenters. The van der Waals surface area contributed by atoms with E-state index in [2.05, 4.69) is 10.6 Å². The molecular weight excluding hydrogens is 170 g/mol. The maximum Gasteiger partial charge on any atom is 0.231 e. The number of terminal acetylenes is 1. The lowest BCUT2D eigenvalue weighted by molar-refractivity contribution is 0.550. The lowest BCUT2D eigenvalue weighted by Gasteiger charge is -2.04. The summed E-state index contributed by atoms with van der Waals surface area (Å²) in [6.45, 7) is 0.362. The molecule has 0 aliphatic heterocycles. The topological polar surface area (TPSA) is 49.3 Å². The first-order valence-corrected chi connectivity index (χ1v) is 4.93. The summed E-state index contributed by atoms with van der Waals surface area (Å²) in [6, 6.07) is 0. The molecule has 0 aliphatic rings. The second-order valence-corrected chi connectivity index (χ2v) is 3.32. The van der Waals surface area contributed by atoms with Gasteiger partial charge in [0.25, 0.3) is 0 Å². The molecule has 0 saturated heterocycles. The Kier molecular flexibility index (Phi) is 5.73. The van der Waals surface area contributed by atoms with Gasteiger partial charge < -0.3 is 0 Å². The number of nitrogens with one attached hydrogen (secondary N) is 1. The van der Waals surface area contributed by atoms with Crippen LogP contribution in [0.5, 0.6) is 0 Å². The van der Waals surface area contributed by atoms with E-state index < -0.39 is 11.3 Å². The maximum atomic E-state index is 10.1. The Hall–Kier alpha value is -0.0200. The molecule has 0 radical (unpaired) electrons. The van der Waals surface area contributed by atoms with Gasteiger partial charge in [0.15, 0.2) is 0 Å².